The Morgan fingerprint density at radius 2 is 2.10 bits per heavy atom. The van der Waals surface area contributed by atoms with E-state index < -0.39 is 4.92 Å². The normalized spacial score (nSPS) is 13.0. The van der Waals surface area contributed by atoms with E-state index in [1.807, 2.05) is 24.3 Å². The molecule has 0 aliphatic carbocycles. The highest BCUT2D eigenvalue weighted by Crippen LogP contribution is 2.27. The summed E-state index contributed by atoms with van der Waals surface area (Å²) in [5, 5.41) is 10.6. The van der Waals surface area contributed by atoms with Crippen LogP contribution in [-0.2, 0) is 17.6 Å². The molecule has 2 aromatic rings. The van der Waals surface area contributed by atoms with E-state index in [0.717, 1.165) is 12.1 Å². The van der Waals surface area contributed by atoms with Crippen molar-refractivity contribution in [3.8, 4) is 0 Å². The first-order valence-corrected chi connectivity index (χ1v) is 6.63. The third-order valence-electron chi connectivity index (χ3n) is 3.54. The van der Waals surface area contributed by atoms with Gasteiger partial charge in [-0.25, -0.2) is 0 Å². The zero-order chi connectivity index (χ0) is 14.8. The largest absolute Gasteiger partial charge is 0.311 e. The van der Waals surface area contributed by atoms with Crippen LogP contribution < -0.4 is 4.90 Å². The molecule has 0 N–H and O–H groups in total. The van der Waals surface area contributed by atoms with E-state index in [1.165, 1.54) is 23.9 Å². The number of pyridine rings is 1. The Hall–Kier alpha value is -2.76. The Morgan fingerprint density at radius 3 is 2.81 bits per heavy atom. The van der Waals surface area contributed by atoms with Crippen LogP contribution in [0.3, 0.4) is 0 Å². The van der Waals surface area contributed by atoms with Gasteiger partial charge in [-0.15, -0.1) is 0 Å². The molecule has 0 saturated heterocycles. The van der Waals surface area contributed by atoms with Crippen LogP contribution in [0.2, 0.25) is 0 Å². The number of rotatable bonds is 3. The van der Waals surface area contributed by atoms with Crippen molar-refractivity contribution >= 4 is 17.3 Å². The quantitative estimate of drug-likeness (QED) is 0.638. The summed E-state index contributed by atoms with van der Waals surface area (Å²) in [4.78, 5) is 28.1. The second-order valence-corrected chi connectivity index (χ2v) is 4.87. The van der Waals surface area contributed by atoms with Crippen molar-refractivity contribution in [2.45, 2.75) is 12.8 Å². The molecule has 1 aliphatic rings. The van der Waals surface area contributed by atoms with E-state index in [1.54, 1.807) is 4.90 Å². The van der Waals surface area contributed by atoms with Gasteiger partial charge >= 0.3 is 0 Å². The summed E-state index contributed by atoms with van der Waals surface area (Å²) < 4.78 is 0. The van der Waals surface area contributed by atoms with Crippen LogP contribution in [0.25, 0.3) is 0 Å². The number of benzene rings is 1. The maximum Gasteiger partial charge on any atom is 0.287 e. The van der Waals surface area contributed by atoms with Crippen molar-refractivity contribution in [2.75, 3.05) is 11.4 Å². The lowest BCUT2D eigenvalue weighted by molar-refractivity contribution is -0.385. The van der Waals surface area contributed by atoms with Crippen molar-refractivity contribution in [3.05, 3.63) is 64.0 Å². The smallest absolute Gasteiger partial charge is 0.287 e. The second kappa shape index (κ2) is 5.32. The van der Waals surface area contributed by atoms with Crippen molar-refractivity contribution < 1.29 is 9.72 Å². The number of amides is 1. The number of carbonyl (C=O) groups excluding carboxylic acids is 1. The van der Waals surface area contributed by atoms with Gasteiger partial charge in [0.25, 0.3) is 5.69 Å². The van der Waals surface area contributed by atoms with Crippen molar-refractivity contribution in [2.24, 2.45) is 0 Å². The SMILES string of the molecule is O=C(Cc1ccc([N+](=O)[O-])cn1)N1CCc2ccccc21. The molecule has 6 heteroatoms. The average Bonchev–Trinajstić information content (AvgIpc) is 2.92. The van der Waals surface area contributed by atoms with Gasteiger partial charge in [0, 0.05) is 18.3 Å². The van der Waals surface area contributed by atoms with Crippen molar-refractivity contribution in [3.63, 3.8) is 0 Å². The van der Waals surface area contributed by atoms with E-state index in [-0.39, 0.29) is 18.0 Å². The van der Waals surface area contributed by atoms with Crippen LogP contribution in [0.5, 0.6) is 0 Å². The molecule has 3 rings (SSSR count). The summed E-state index contributed by atoms with van der Waals surface area (Å²) in [7, 11) is 0. The predicted octanol–water partition coefficient (Wildman–Crippen LogP) is 2.12. The molecule has 6 nitrogen and oxygen atoms in total. The van der Waals surface area contributed by atoms with E-state index in [9.17, 15) is 14.9 Å². The molecular formula is C15H13N3O3. The van der Waals surface area contributed by atoms with Gasteiger partial charge in [0.05, 0.1) is 17.0 Å². The first kappa shape index (κ1) is 13.2. The van der Waals surface area contributed by atoms with Gasteiger partial charge in [0.1, 0.15) is 6.20 Å². The molecule has 2 heterocycles. The van der Waals surface area contributed by atoms with Crippen LogP contribution >= 0.6 is 0 Å². The number of hydrogen-bond acceptors (Lipinski definition) is 4. The van der Waals surface area contributed by atoms with Crippen LogP contribution in [-0.4, -0.2) is 22.4 Å². The minimum Gasteiger partial charge on any atom is -0.311 e. The molecule has 0 unspecified atom stereocenters. The highest BCUT2D eigenvalue weighted by atomic mass is 16.6. The van der Waals surface area contributed by atoms with Crippen LogP contribution in [0, 0.1) is 10.1 Å². The zero-order valence-electron chi connectivity index (χ0n) is 11.2. The van der Waals surface area contributed by atoms with Gasteiger partial charge in [-0.3, -0.25) is 19.9 Å². The maximum atomic E-state index is 12.3. The number of para-hydroxylation sites is 1. The first-order valence-electron chi connectivity index (χ1n) is 6.63. The highest BCUT2D eigenvalue weighted by Gasteiger charge is 2.24. The number of hydrogen-bond donors (Lipinski definition) is 0. The van der Waals surface area contributed by atoms with Crippen LogP contribution in [0.15, 0.2) is 42.6 Å². The molecule has 1 aromatic heterocycles. The number of aromatic nitrogens is 1. The summed E-state index contributed by atoms with van der Waals surface area (Å²) in [6, 6.07) is 10.7. The fourth-order valence-corrected chi connectivity index (χ4v) is 2.48. The summed E-state index contributed by atoms with van der Waals surface area (Å²) in [6.45, 7) is 0.672. The van der Waals surface area contributed by atoms with Crippen molar-refractivity contribution in [1.82, 2.24) is 4.98 Å². The van der Waals surface area contributed by atoms with E-state index in [2.05, 4.69) is 4.98 Å². The second-order valence-electron chi connectivity index (χ2n) is 4.87. The molecule has 0 spiro atoms. The molecule has 1 amide bonds. The molecule has 21 heavy (non-hydrogen) atoms. The number of carbonyl (C=O) groups is 1. The molecular weight excluding hydrogens is 270 g/mol. The Balaban J connectivity index is 1.74. The molecule has 1 aliphatic heterocycles. The predicted molar refractivity (Wildman–Crippen MR) is 77.1 cm³/mol. The third-order valence-corrected chi connectivity index (χ3v) is 3.54. The van der Waals surface area contributed by atoms with Crippen LogP contribution in [0.1, 0.15) is 11.3 Å². The number of nitro groups is 1. The number of fused-ring (bicyclic) bond motifs is 1. The zero-order valence-corrected chi connectivity index (χ0v) is 11.2. The van der Waals surface area contributed by atoms with Gasteiger partial charge in [-0.05, 0) is 24.1 Å². The van der Waals surface area contributed by atoms with E-state index >= 15 is 0 Å². The fourth-order valence-electron chi connectivity index (χ4n) is 2.48. The molecule has 0 saturated carbocycles. The third kappa shape index (κ3) is 2.60. The van der Waals surface area contributed by atoms with Gasteiger partial charge in [0.15, 0.2) is 0 Å². The average molecular weight is 283 g/mol. The molecule has 0 atom stereocenters. The molecule has 0 radical (unpaired) electrons. The maximum absolute atomic E-state index is 12.3. The Kier molecular flexibility index (Phi) is 3.35. The van der Waals surface area contributed by atoms with Gasteiger partial charge < -0.3 is 4.90 Å². The summed E-state index contributed by atoms with van der Waals surface area (Å²) in [5.74, 6) is -0.0405. The Labute approximate surface area is 121 Å². The summed E-state index contributed by atoms with van der Waals surface area (Å²) >= 11 is 0. The van der Waals surface area contributed by atoms with Crippen molar-refractivity contribution in [1.29, 1.82) is 0 Å². The Bertz CT molecular complexity index is 698. The summed E-state index contributed by atoms with van der Waals surface area (Å²) in [5.41, 5.74) is 2.58. The lowest BCUT2D eigenvalue weighted by Gasteiger charge is -2.16. The Morgan fingerprint density at radius 1 is 1.29 bits per heavy atom. The number of anilines is 1. The van der Waals surface area contributed by atoms with Gasteiger partial charge in [-0.2, -0.15) is 0 Å². The lowest BCUT2D eigenvalue weighted by atomic mass is 10.2. The lowest BCUT2D eigenvalue weighted by Crippen LogP contribution is -2.30. The van der Waals surface area contributed by atoms with Gasteiger partial charge in [0.2, 0.25) is 5.91 Å². The fraction of sp³-hybridized carbons (Fsp3) is 0.200. The standard InChI is InChI=1S/C15H13N3O3/c19-15(9-12-5-6-13(10-16-12)18(20)21)17-8-7-11-3-1-2-4-14(11)17/h1-6,10H,7-9H2. The minimum absolute atomic E-state index is 0.0405. The minimum atomic E-state index is -0.505. The van der Waals surface area contributed by atoms with Gasteiger partial charge in [-0.1, -0.05) is 18.2 Å². The first-order chi connectivity index (χ1) is 10.1. The number of nitrogens with zero attached hydrogens (tertiary/aromatic N) is 3. The highest BCUT2D eigenvalue weighted by molar-refractivity contribution is 5.96. The van der Waals surface area contributed by atoms with E-state index in [0.29, 0.717) is 12.2 Å². The molecule has 0 fully saturated rings. The molecule has 1 aromatic carbocycles. The molecule has 106 valence electrons. The molecule has 0 bridgehead atoms. The topological polar surface area (TPSA) is 76.3 Å². The van der Waals surface area contributed by atoms with E-state index in [4.69, 9.17) is 0 Å². The van der Waals surface area contributed by atoms with Crippen LogP contribution in [0.4, 0.5) is 11.4 Å². The summed E-state index contributed by atoms with van der Waals surface area (Å²) in [6.07, 6.45) is 2.18. The monoisotopic (exact) mass is 283 g/mol.